The molecule has 0 aromatic heterocycles. The SMILES string of the molecule is O=C(Nc1ccc2c(c1)OCO2)C1CCN(S(=O)(=O)c2ccc3c(c2)CCO3)CC1. The number of ether oxygens (including phenoxy) is 3. The number of nitrogens with zero attached hydrogens (tertiary/aromatic N) is 1. The molecule has 2 aromatic rings. The van der Waals surface area contributed by atoms with Crippen molar-refractivity contribution >= 4 is 21.6 Å². The number of carbonyl (C=O) groups excluding carboxylic acids is 1. The first-order valence-electron chi connectivity index (χ1n) is 9.97. The topological polar surface area (TPSA) is 94.2 Å². The first kappa shape index (κ1) is 19.2. The first-order chi connectivity index (χ1) is 14.5. The van der Waals surface area contributed by atoms with Gasteiger partial charge in [-0.05, 0) is 48.7 Å². The number of piperidine rings is 1. The maximum absolute atomic E-state index is 13.0. The molecule has 9 heteroatoms. The minimum atomic E-state index is -3.58. The molecule has 5 rings (SSSR count). The van der Waals surface area contributed by atoms with Gasteiger partial charge in [0, 0.05) is 37.2 Å². The Morgan fingerprint density at radius 1 is 0.967 bits per heavy atom. The molecule has 0 unspecified atom stereocenters. The highest BCUT2D eigenvalue weighted by Gasteiger charge is 2.33. The second kappa shape index (κ2) is 7.48. The molecule has 0 aliphatic carbocycles. The quantitative estimate of drug-likeness (QED) is 0.801. The molecule has 0 saturated carbocycles. The molecule has 30 heavy (non-hydrogen) atoms. The Bertz CT molecular complexity index is 1090. The molecule has 1 N–H and O–H groups in total. The van der Waals surface area contributed by atoms with Gasteiger partial charge in [-0.15, -0.1) is 0 Å². The molecule has 158 valence electrons. The third-order valence-corrected chi connectivity index (χ3v) is 7.66. The molecule has 1 amide bonds. The number of benzene rings is 2. The molecule has 0 radical (unpaired) electrons. The summed E-state index contributed by atoms with van der Waals surface area (Å²) in [5.74, 6) is 1.67. The van der Waals surface area contributed by atoms with Crippen LogP contribution >= 0.6 is 0 Å². The van der Waals surface area contributed by atoms with Gasteiger partial charge < -0.3 is 19.5 Å². The lowest BCUT2D eigenvalue weighted by molar-refractivity contribution is -0.120. The number of fused-ring (bicyclic) bond motifs is 2. The van der Waals surface area contributed by atoms with Crippen LogP contribution in [-0.2, 0) is 21.2 Å². The Morgan fingerprint density at radius 3 is 2.57 bits per heavy atom. The van der Waals surface area contributed by atoms with Gasteiger partial charge in [0.1, 0.15) is 5.75 Å². The van der Waals surface area contributed by atoms with Crippen LogP contribution < -0.4 is 19.5 Å². The van der Waals surface area contributed by atoms with Gasteiger partial charge in [-0.1, -0.05) is 0 Å². The fourth-order valence-electron chi connectivity index (χ4n) is 4.05. The van der Waals surface area contributed by atoms with Crippen molar-refractivity contribution in [2.45, 2.75) is 24.2 Å². The van der Waals surface area contributed by atoms with Crippen LogP contribution in [0.1, 0.15) is 18.4 Å². The van der Waals surface area contributed by atoms with E-state index in [1.54, 1.807) is 36.4 Å². The third kappa shape index (κ3) is 3.48. The fourth-order valence-corrected chi connectivity index (χ4v) is 5.57. The van der Waals surface area contributed by atoms with Gasteiger partial charge in [0.2, 0.25) is 22.7 Å². The number of carbonyl (C=O) groups is 1. The Morgan fingerprint density at radius 2 is 1.73 bits per heavy atom. The van der Waals surface area contributed by atoms with Gasteiger partial charge in [-0.3, -0.25) is 4.79 Å². The summed E-state index contributed by atoms with van der Waals surface area (Å²) in [6, 6.07) is 10.3. The highest BCUT2D eigenvalue weighted by Crippen LogP contribution is 2.35. The van der Waals surface area contributed by atoms with Crippen LogP contribution in [0, 0.1) is 5.92 Å². The number of anilines is 1. The predicted molar refractivity (Wildman–Crippen MR) is 108 cm³/mol. The van der Waals surface area contributed by atoms with E-state index in [9.17, 15) is 13.2 Å². The van der Waals surface area contributed by atoms with Crippen molar-refractivity contribution in [2.24, 2.45) is 5.92 Å². The zero-order valence-corrected chi connectivity index (χ0v) is 17.1. The molecule has 3 heterocycles. The van der Waals surface area contributed by atoms with Crippen molar-refractivity contribution in [1.29, 1.82) is 0 Å². The molecule has 3 aliphatic rings. The van der Waals surface area contributed by atoms with E-state index >= 15 is 0 Å². The summed E-state index contributed by atoms with van der Waals surface area (Å²) in [5.41, 5.74) is 1.56. The normalized spacial score (nSPS) is 18.7. The molecular formula is C21H22N2O6S. The van der Waals surface area contributed by atoms with Crippen LogP contribution in [0.5, 0.6) is 17.2 Å². The number of rotatable bonds is 4. The number of amides is 1. The fraction of sp³-hybridized carbons (Fsp3) is 0.381. The standard InChI is InChI=1S/C21H22N2O6S/c24-21(22-16-1-3-19-20(12-16)29-13-28-19)14-5-8-23(9-6-14)30(25,26)17-2-4-18-15(11-17)7-10-27-18/h1-4,11-12,14H,5-10,13H2,(H,22,24). The summed E-state index contributed by atoms with van der Waals surface area (Å²) < 4.78 is 43.6. The molecule has 8 nitrogen and oxygen atoms in total. The maximum Gasteiger partial charge on any atom is 0.243 e. The lowest BCUT2D eigenvalue weighted by Crippen LogP contribution is -2.41. The minimum Gasteiger partial charge on any atom is -0.493 e. The van der Waals surface area contributed by atoms with Gasteiger partial charge in [0.25, 0.3) is 0 Å². The number of hydrogen-bond donors (Lipinski definition) is 1. The molecule has 0 spiro atoms. The van der Waals surface area contributed by atoms with Crippen LogP contribution in [0.4, 0.5) is 5.69 Å². The van der Waals surface area contributed by atoms with Crippen molar-refractivity contribution < 1.29 is 27.4 Å². The second-order valence-electron chi connectivity index (χ2n) is 7.60. The van der Waals surface area contributed by atoms with Gasteiger partial charge in [0.05, 0.1) is 11.5 Å². The monoisotopic (exact) mass is 430 g/mol. The lowest BCUT2D eigenvalue weighted by Gasteiger charge is -2.30. The summed E-state index contributed by atoms with van der Waals surface area (Å²) in [6.45, 7) is 1.39. The Labute approximate surface area is 174 Å². The van der Waals surface area contributed by atoms with Crippen LogP contribution in [-0.4, -0.2) is 45.1 Å². The summed E-state index contributed by atoms with van der Waals surface area (Å²) in [7, 11) is -3.58. The Hall–Kier alpha value is -2.78. The van der Waals surface area contributed by atoms with Crippen molar-refractivity contribution in [1.82, 2.24) is 4.31 Å². The summed E-state index contributed by atoms with van der Waals surface area (Å²) >= 11 is 0. The van der Waals surface area contributed by atoms with E-state index in [2.05, 4.69) is 5.32 Å². The van der Waals surface area contributed by atoms with Gasteiger partial charge >= 0.3 is 0 Å². The van der Waals surface area contributed by atoms with Crippen LogP contribution in [0.2, 0.25) is 0 Å². The van der Waals surface area contributed by atoms with E-state index in [4.69, 9.17) is 14.2 Å². The average molecular weight is 430 g/mol. The molecule has 1 fully saturated rings. The second-order valence-corrected chi connectivity index (χ2v) is 9.54. The van der Waals surface area contributed by atoms with E-state index in [1.807, 2.05) is 0 Å². The van der Waals surface area contributed by atoms with E-state index < -0.39 is 10.0 Å². The van der Waals surface area contributed by atoms with Crippen LogP contribution in [0.25, 0.3) is 0 Å². The number of nitrogens with one attached hydrogen (secondary N) is 1. The smallest absolute Gasteiger partial charge is 0.243 e. The summed E-state index contributed by atoms with van der Waals surface area (Å²) in [5, 5.41) is 2.90. The largest absolute Gasteiger partial charge is 0.493 e. The highest BCUT2D eigenvalue weighted by atomic mass is 32.2. The third-order valence-electron chi connectivity index (χ3n) is 5.76. The molecule has 2 aromatic carbocycles. The predicted octanol–water partition coefficient (Wildman–Crippen LogP) is 2.39. The van der Waals surface area contributed by atoms with Crippen molar-refractivity contribution in [3.63, 3.8) is 0 Å². The highest BCUT2D eigenvalue weighted by molar-refractivity contribution is 7.89. The zero-order chi connectivity index (χ0) is 20.7. The Balaban J connectivity index is 1.22. The summed E-state index contributed by atoms with van der Waals surface area (Å²) in [4.78, 5) is 12.9. The van der Waals surface area contributed by atoms with E-state index in [1.165, 1.54) is 4.31 Å². The van der Waals surface area contributed by atoms with E-state index in [0.717, 1.165) is 17.7 Å². The van der Waals surface area contributed by atoms with Gasteiger partial charge in [0.15, 0.2) is 11.5 Å². The lowest BCUT2D eigenvalue weighted by atomic mass is 9.97. The van der Waals surface area contributed by atoms with Crippen LogP contribution in [0.3, 0.4) is 0 Å². The maximum atomic E-state index is 13.0. The van der Waals surface area contributed by atoms with Crippen molar-refractivity contribution in [3.8, 4) is 17.2 Å². The van der Waals surface area contributed by atoms with Crippen LogP contribution in [0.15, 0.2) is 41.3 Å². The number of sulfonamides is 1. The van der Waals surface area contributed by atoms with Gasteiger partial charge in [-0.2, -0.15) is 4.31 Å². The van der Waals surface area contributed by atoms with E-state index in [0.29, 0.717) is 49.7 Å². The molecule has 3 aliphatic heterocycles. The Kier molecular flexibility index (Phi) is 4.79. The van der Waals surface area contributed by atoms with Crippen molar-refractivity contribution in [3.05, 3.63) is 42.0 Å². The molecule has 0 atom stereocenters. The molecule has 0 bridgehead atoms. The summed E-state index contributed by atoms with van der Waals surface area (Å²) in [6.07, 6.45) is 1.67. The molecular weight excluding hydrogens is 408 g/mol. The van der Waals surface area contributed by atoms with Crippen molar-refractivity contribution in [2.75, 3.05) is 31.8 Å². The average Bonchev–Trinajstić information content (AvgIpc) is 3.42. The zero-order valence-electron chi connectivity index (χ0n) is 16.3. The first-order valence-corrected chi connectivity index (χ1v) is 11.4. The number of hydrogen-bond acceptors (Lipinski definition) is 6. The van der Waals surface area contributed by atoms with E-state index in [-0.39, 0.29) is 23.5 Å². The minimum absolute atomic E-state index is 0.111. The molecule has 1 saturated heterocycles. The van der Waals surface area contributed by atoms with Gasteiger partial charge in [-0.25, -0.2) is 8.42 Å².